The summed E-state index contributed by atoms with van der Waals surface area (Å²) in [7, 11) is -3.06. The second-order valence-corrected chi connectivity index (χ2v) is 9.13. The molecule has 18 heavy (non-hydrogen) atoms. The molecule has 0 aromatic heterocycles. The maximum atomic E-state index is 12.0. The Kier molecular flexibility index (Phi) is 5.21. The molecule has 5 heteroatoms. The van der Waals surface area contributed by atoms with E-state index in [2.05, 4.69) is 25.7 Å². The zero-order valence-corrected chi connectivity index (χ0v) is 13.3. The maximum absolute atomic E-state index is 12.0. The van der Waals surface area contributed by atoms with Crippen molar-refractivity contribution in [2.45, 2.75) is 46.3 Å². The topological polar surface area (TPSA) is 40.6 Å². The van der Waals surface area contributed by atoms with Crippen molar-refractivity contribution >= 4 is 10.0 Å². The fourth-order valence-corrected chi connectivity index (χ4v) is 3.27. The van der Waals surface area contributed by atoms with E-state index in [9.17, 15) is 8.42 Å². The first-order valence-corrected chi connectivity index (χ1v) is 8.34. The minimum atomic E-state index is -3.06. The van der Waals surface area contributed by atoms with Crippen LogP contribution in [0.2, 0.25) is 0 Å². The summed E-state index contributed by atoms with van der Waals surface area (Å²) in [6, 6.07) is 0. The van der Waals surface area contributed by atoms with Gasteiger partial charge in [0, 0.05) is 26.2 Å². The largest absolute Gasteiger partial charge is 0.301 e. The normalized spacial score (nSPS) is 20.6. The summed E-state index contributed by atoms with van der Waals surface area (Å²) in [4.78, 5) is 2.37. The standard InChI is InChI=1S/C13H28N2O2S/c1-12(2)18(16,17)15-10-8-14(9-11-15)7-6-13(3,4)5/h12H,6-11H2,1-5H3. The van der Waals surface area contributed by atoms with Gasteiger partial charge in [0.25, 0.3) is 0 Å². The molecule has 0 saturated carbocycles. The third kappa shape index (κ3) is 4.52. The molecule has 0 N–H and O–H groups in total. The molecule has 0 unspecified atom stereocenters. The second kappa shape index (κ2) is 5.88. The van der Waals surface area contributed by atoms with Crippen molar-refractivity contribution in [2.75, 3.05) is 32.7 Å². The van der Waals surface area contributed by atoms with Crippen LogP contribution in [0.1, 0.15) is 41.0 Å². The highest BCUT2D eigenvalue weighted by molar-refractivity contribution is 7.89. The SMILES string of the molecule is CC(C)S(=O)(=O)N1CCN(CCC(C)(C)C)CC1. The lowest BCUT2D eigenvalue weighted by atomic mass is 9.92. The summed E-state index contributed by atoms with van der Waals surface area (Å²) in [6.45, 7) is 14.3. The highest BCUT2D eigenvalue weighted by Gasteiger charge is 2.29. The molecule has 0 bridgehead atoms. The highest BCUT2D eigenvalue weighted by atomic mass is 32.2. The smallest absolute Gasteiger partial charge is 0.216 e. The third-order valence-corrected chi connectivity index (χ3v) is 5.74. The van der Waals surface area contributed by atoms with Crippen molar-refractivity contribution < 1.29 is 8.42 Å². The fraction of sp³-hybridized carbons (Fsp3) is 1.00. The summed E-state index contributed by atoms with van der Waals surface area (Å²) in [5, 5.41) is -0.307. The van der Waals surface area contributed by atoms with Crippen molar-refractivity contribution in [1.82, 2.24) is 9.21 Å². The van der Waals surface area contributed by atoms with Crippen LogP contribution >= 0.6 is 0 Å². The van der Waals surface area contributed by atoms with Crippen LogP contribution in [-0.4, -0.2) is 55.6 Å². The van der Waals surface area contributed by atoms with E-state index in [1.165, 1.54) is 0 Å². The van der Waals surface area contributed by atoms with Gasteiger partial charge in [0.2, 0.25) is 10.0 Å². The van der Waals surface area contributed by atoms with Crippen LogP contribution in [0.5, 0.6) is 0 Å². The number of sulfonamides is 1. The molecule has 4 nitrogen and oxygen atoms in total. The molecule has 0 aliphatic carbocycles. The molecular formula is C13H28N2O2S. The molecule has 1 aliphatic rings. The number of hydrogen-bond donors (Lipinski definition) is 0. The quantitative estimate of drug-likeness (QED) is 0.786. The summed E-state index contributed by atoms with van der Waals surface area (Å²) in [5.41, 5.74) is 0.348. The van der Waals surface area contributed by atoms with Crippen LogP contribution in [0, 0.1) is 5.41 Å². The zero-order valence-electron chi connectivity index (χ0n) is 12.4. The van der Waals surface area contributed by atoms with E-state index in [1.807, 2.05) is 0 Å². The summed E-state index contributed by atoms with van der Waals surface area (Å²) < 4.78 is 25.7. The Balaban J connectivity index is 2.42. The molecule has 0 aromatic rings. The van der Waals surface area contributed by atoms with Gasteiger partial charge in [0.1, 0.15) is 0 Å². The van der Waals surface area contributed by atoms with Gasteiger partial charge in [0.05, 0.1) is 5.25 Å². The Morgan fingerprint density at radius 2 is 1.56 bits per heavy atom. The van der Waals surface area contributed by atoms with Crippen LogP contribution in [0.3, 0.4) is 0 Å². The van der Waals surface area contributed by atoms with Crippen LogP contribution < -0.4 is 0 Å². The lowest BCUT2D eigenvalue weighted by Crippen LogP contribution is -2.50. The van der Waals surface area contributed by atoms with Crippen LogP contribution in [-0.2, 0) is 10.0 Å². The summed E-state index contributed by atoms with van der Waals surface area (Å²) >= 11 is 0. The Morgan fingerprint density at radius 3 is 1.94 bits per heavy atom. The van der Waals surface area contributed by atoms with E-state index >= 15 is 0 Å². The molecule has 1 aliphatic heterocycles. The van der Waals surface area contributed by atoms with Gasteiger partial charge < -0.3 is 4.90 Å². The van der Waals surface area contributed by atoms with Crippen LogP contribution in [0.25, 0.3) is 0 Å². The zero-order chi connectivity index (χ0) is 14.0. The molecule has 1 saturated heterocycles. The molecule has 0 amide bonds. The predicted molar refractivity (Wildman–Crippen MR) is 76.1 cm³/mol. The summed E-state index contributed by atoms with van der Waals surface area (Å²) in [6.07, 6.45) is 1.16. The first-order valence-electron chi connectivity index (χ1n) is 6.84. The molecule has 0 aromatic carbocycles. The number of nitrogens with zero attached hydrogens (tertiary/aromatic N) is 2. The molecule has 0 atom stereocenters. The van der Waals surface area contributed by atoms with Crippen molar-refractivity contribution in [2.24, 2.45) is 5.41 Å². The predicted octanol–water partition coefficient (Wildman–Crippen LogP) is 1.78. The average molecular weight is 276 g/mol. The number of piperazine rings is 1. The van der Waals surface area contributed by atoms with Crippen molar-refractivity contribution in [3.05, 3.63) is 0 Å². The average Bonchev–Trinajstić information content (AvgIpc) is 2.26. The summed E-state index contributed by atoms with van der Waals surface area (Å²) in [5.74, 6) is 0. The van der Waals surface area contributed by atoms with Gasteiger partial charge in [-0.05, 0) is 32.2 Å². The van der Waals surface area contributed by atoms with Gasteiger partial charge >= 0.3 is 0 Å². The van der Waals surface area contributed by atoms with E-state index in [-0.39, 0.29) is 5.25 Å². The third-order valence-electron chi connectivity index (χ3n) is 3.46. The van der Waals surface area contributed by atoms with E-state index in [0.717, 1.165) is 26.1 Å². The van der Waals surface area contributed by atoms with Gasteiger partial charge in [0.15, 0.2) is 0 Å². The van der Waals surface area contributed by atoms with Crippen LogP contribution in [0.4, 0.5) is 0 Å². The van der Waals surface area contributed by atoms with Gasteiger partial charge in [-0.25, -0.2) is 8.42 Å². The van der Waals surface area contributed by atoms with E-state index < -0.39 is 10.0 Å². The maximum Gasteiger partial charge on any atom is 0.216 e. The van der Waals surface area contributed by atoms with Gasteiger partial charge in [-0.1, -0.05) is 20.8 Å². The Bertz CT molecular complexity index is 350. The fourth-order valence-electron chi connectivity index (χ4n) is 2.00. The number of hydrogen-bond acceptors (Lipinski definition) is 3. The molecule has 1 rings (SSSR count). The van der Waals surface area contributed by atoms with Gasteiger partial charge in [-0.3, -0.25) is 0 Å². The minimum absolute atomic E-state index is 0.307. The Labute approximate surface area is 112 Å². The Morgan fingerprint density at radius 1 is 1.06 bits per heavy atom. The molecule has 1 fully saturated rings. The second-order valence-electron chi connectivity index (χ2n) is 6.65. The monoisotopic (exact) mass is 276 g/mol. The van der Waals surface area contributed by atoms with Crippen molar-refractivity contribution in [3.8, 4) is 0 Å². The minimum Gasteiger partial charge on any atom is -0.301 e. The highest BCUT2D eigenvalue weighted by Crippen LogP contribution is 2.20. The first kappa shape index (κ1) is 15.9. The van der Waals surface area contributed by atoms with Gasteiger partial charge in [-0.15, -0.1) is 0 Å². The van der Waals surface area contributed by atoms with E-state index in [1.54, 1.807) is 18.2 Å². The lowest BCUT2D eigenvalue weighted by molar-refractivity contribution is 0.167. The molecule has 0 radical (unpaired) electrons. The molecular weight excluding hydrogens is 248 g/mol. The lowest BCUT2D eigenvalue weighted by Gasteiger charge is -2.36. The Hall–Kier alpha value is -0.130. The van der Waals surface area contributed by atoms with Crippen LogP contribution in [0.15, 0.2) is 0 Å². The van der Waals surface area contributed by atoms with Gasteiger partial charge in [-0.2, -0.15) is 4.31 Å². The van der Waals surface area contributed by atoms with Crippen molar-refractivity contribution in [3.63, 3.8) is 0 Å². The van der Waals surface area contributed by atoms with E-state index in [0.29, 0.717) is 18.5 Å². The first-order chi connectivity index (χ1) is 8.13. The molecule has 1 heterocycles. The van der Waals surface area contributed by atoms with Crippen molar-refractivity contribution in [1.29, 1.82) is 0 Å². The molecule has 0 spiro atoms. The number of rotatable bonds is 4. The van der Waals surface area contributed by atoms with E-state index in [4.69, 9.17) is 0 Å². The molecule has 108 valence electrons.